The van der Waals surface area contributed by atoms with E-state index in [0.29, 0.717) is 12.2 Å². The minimum atomic E-state index is -0.927. The molecule has 0 fully saturated rings. The molecule has 2 unspecified atom stereocenters. The topological polar surface area (TPSA) is 75.6 Å². The van der Waals surface area contributed by atoms with Crippen molar-refractivity contribution in [3.63, 3.8) is 0 Å². The fourth-order valence-corrected chi connectivity index (χ4v) is 1.64. The molecule has 21 heavy (non-hydrogen) atoms. The van der Waals surface area contributed by atoms with Gasteiger partial charge in [0.25, 0.3) is 5.91 Å². The molecule has 0 aliphatic rings. The highest BCUT2D eigenvalue weighted by molar-refractivity contribution is 5.94. The van der Waals surface area contributed by atoms with Crippen LogP contribution in [0.15, 0.2) is 24.3 Å². The van der Waals surface area contributed by atoms with Gasteiger partial charge in [0.15, 0.2) is 0 Å². The fraction of sp³-hybridized carbons (Fsp3) is 0.500. The first kappa shape index (κ1) is 17.2. The molecular formula is C16H23NO4. The molecule has 2 N–H and O–H groups in total. The van der Waals surface area contributed by atoms with Crippen LogP contribution in [0.3, 0.4) is 0 Å². The van der Waals surface area contributed by atoms with Crippen LogP contribution < -0.4 is 5.32 Å². The lowest BCUT2D eigenvalue weighted by Gasteiger charge is -2.17. The monoisotopic (exact) mass is 293 g/mol. The molecule has 1 amide bonds. The molecule has 1 aromatic rings. The number of hydrogen-bond donors (Lipinski definition) is 2. The van der Waals surface area contributed by atoms with E-state index in [0.717, 1.165) is 5.56 Å². The zero-order valence-corrected chi connectivity index (χ0v) is 12.9. The third-order valence-electron chi connectivity index (χ3n) is 3.30. The van der Waals surface area contributed by atoms with Crippen molar-refractivity contribution in [3.8, 4) is 0 Å². The summed E-state index contributed by atoms with van der Waals surface area (Å²) in [7, 11) is 0. The molecule has 1 rings (SSSR count). The van der Waals surface area contributed by atoms with Gasteiger partial charge in [-0.2, -0.15) is 0 Å². The van der Waals surface area contributed by atoms with Crippen molar-refractivity contribution < 1.29 is 19.4 Å². The first-order chi connectivity index (χ1) is 9.81. The van der Waals surface area contributed by atoms with E-state index >= 15 is 0 Å². The molecule has 5 nitrogen and oxygen atoms in total. The van der Waals surface area contributed by atoms with E-state index in [4.69, 9.17) is 9.84 Å². The van der Waals surface area contributed by atoms with E-state index in [1.165, 1.54) is 0 Å². The Balaban J connectivity index is 2.61. The molecule has 0 saturated heterocycles. The van der Waals surface area contributed by atoms with E-state index in [2.05, 4.69) is 5.32 Å². The molecule has 0 spiro atoms. The summed E-state index contributed by atoms with van der Waals surface area (Å²) in [6.07, 6.45) is 0.159. The maximum absolute atomic E-state index is 12.0. The number of carbonyl (C=O) groups excluding carboxylic acids is 1. The van der Waals surface area contributed by atoms with E-state index in [-0.39, 0.29) is 12.0 Å². The third-order valence-corrected chi connectivity index (χ3v) is 3.30. The summed E-state index contributed by atoms with van der Waals surface area (Å²) in [5, 5.41) is 11.6. The Hall–Kier alpha value is -1.88. The minimum Gasteiger partial charge on any atom is -0.481 e. The second-order valence-electron chi connectivity index (χ2n) is 5.45. The lowest BCUT2D eigenvalue weighted by Crippen LogP contribution is -2.40. The van der Waals surface area contributed by atoms with Crippen LogP contribution in [0, 0.1) is 5.92 Å². The standard InChI is InChI=1S/C16H23NO4/c1-10(2)21-9-13-5-7-14(8-6-13)15(18)17-12(4)11(3)16(19)20/h5-8,10-12H,9H2,1-4H3,(H,17,18)(H,19,20). The number of carboxylic acids is 1. The molecule has 116 valence electrons. The Morgan fingerprint density at radius 2 is 1.71 bits per heavy atom. The maximum atomic E-state index is 12.0. The van der Waals surface area contributed by atoms with Gasteiger partial charge in [-0.25, -0.2) is 0 Å². The minimum absolute atomic E-state index is 0.159. The molecule has 5 heteroatoms. The second-order valence-corrected chi connectivity index (χ2v) is 5.45. The largest absolute Gasteiger partial charge is 0.481 e. The maximum Gasteiger partial charge on any atom is 0.308 e. The van der Waals surface area contributed by atoms with Crippen molar-refractivity contribution in [1.82, 2.24) is 5.32 Å². The van der Waals surface area contributed by atoms with Gasteiger partial charge in [-0.15, -0.1) is 0 Å². The number of amides is 1. The number of aliphatic carboxylic acids is 1. The van der Waals surface area contributed by atoms with Crippen molar-refractivity contribution >= 4 is 11.9 Å². The Morgan fingerprint density at radius 3 is 2.19 bits per heavy atom. The molecule has 0 aliphatic heterocycles. The number of nitrogens with one attached hydrogen (secondary N) is 1. The van der Waals surface area contributed by atoms with Crippen LogP contribution in [-0.4, -0.2) is 29.1 Å². The number of carbonyl (C=O) groups is 2. The highest BCUT2D eigenvalue weighted by Crippen LogP contribution is 2.09. The summed E-state index contributed by atoms with van der Waals surface area (Å²) in [4.78, 5) is 22.9. The molecular weight excluding hydrogens is 270 g/mol. The van der Waals surface area contributed by atoms with Crippen LogP contribution in [0.2, 0.25) is 0 Å². The van der Waals surface area contributed by atoms with Crippen molar-refractivity contribution in [1.29, 1.82) is 0 Å². The van der Waals surface area contributed by atoms with Gasteiger partial charge < -0.3 is 15.2 Å². The van der Waals surface area contributed by atoms with Gasteiger partial charge >= 0.3 is 5.97 Å². The molecule has 0 aliphatic carbocycles. The zero-order valence-electron chi connectivity index (χ0n) is 12.9. The zero-order chi connectivity index (χ0) is 16.0. The molecule has 0 radical (unpaired) electrons. The summed E-state index contributed by atoms with van der Waals surface area (Å²) in [6.45, 7) is 7.69. The van der Waals surface area contributed by atoms with Crippen molar-refractivity contribution in [3.05, 3.63) is 35.4 Å². The Kier molecular flexibility index (Phi) is 6.37. The third kappa shape index (κ3) is 5.55. The average molecular weight is 293 g/mol. The first-order valence-corrected chi connectivity index (χ1v) is 7.05. The van der Waals surface area contributed by atoms with Gasteiger partial charge in [0.2, 0.25) is 0 Å². The van der Waals surface area contributed by atoms with Crippen molar-refractivity contribution in [2.45, 2.75) is 46.4 Å². The highest BCUT2D eigenvalue weighted by atomic mass is 16.5. The Labute approximate surface area is 125 Å². The van der Waals surface area contributed by atoms with Crippen LogP contribution in [0.1, 0.15) is 43.6 Å². The Bertz CT molecular complexity index is 482. The van der Waals surface area contributed by atoms with Crippen molar-refractivity contribution in [2.24, 2.45) is 5.92 Å². The van der Waals surface area contributed by atoms with Gasteiger partial charge in [0, 0.05) is 11.6 Å². The summed E-state index contributed by atoms with van der Waals surface area (Å²) < 4.78 is 5.48. The quantitative estimate of drug-likeness (QED) is 0.809. The number of benzene rings is 1. The van der Waals surface area contributed by atoms with Crippen molar-refractivity contribution in [2.75, 3.05) is 0 Å². The van der Waals surface area contributed by atoms with Crippen LogP contribution in [0.4, 0.5) is 0 Å². The number of rotatable bonds is 7. The first-order valence-electron chi connectivity index (χ1n) is 7.05. The van der Waals surface area contributed by atoms with E-state index < -0.39 is 17.9 Å². The van der Waals surface area contributed by atoms with Crippen LogP contribution in [0.5, 0.6) is 0 Å². The van der Waals surface area contributed by atoms with Gasteiger partial charge in [-0.1, -0.05) is 12.1 Å². The van der Waals surface area contributed by atoms with Crippen LogP contribution >= 0.6 is 0 Å². The summed E-state index contributed by atoms with van der Waals surface area (Å²) in [6, 6.07) is 6.67. The lowest BCUT2D eigenvalue weighted by atomic mass is 10.0. The van der Waals surface area contributed by atoms with E-state index in [9.17, 15) is 9.59 Å². The second kappa shape index (κ2) is 7.78. The fourth-order valence-electron chi connectivity index (χ4n) is 1.64. The molecule has 0 saturated carbocycles. The SMILES string of the molecule is CC(C)OCc1ccc(C(=O)NC(C)C(C)C(=O)O)cc1. The molecule has 2 atom stereocenters. The van der Waals surface area contributed by atoms with Gasteiger partial charge in [0.1, 0.15) is 0 Å². The predicted octanol–water partition coefficient (Wildman–Crippen LogP) is 2.45. The number of ether oxygens (including phenoxy) is 1. The number of carboxylic acid groups (broad SMARTS) is 1. The summed E-state index contributed by atoms with van der Waals surface area (Å²) in [5.41, 5.74) is 1.50. The number of hydrogen-bond acceptors (Lipinski definition) is 3. The van der Waals surface area contributed by atoms with Gasteiger partial charge in [-0.3, -0.25) is 9.59 Å². The molecule has 1 aromatic carbocycles. The van der Waals surface area contributed by atoms with E-state index in [1.807, 2.05) is 26.0 Å². The molecule has 0 bridgehead atoms. The molecule has 0 aromatic heterocycles. The molecule has 0 heterocycles. The highest BCUT2D eigenvalue weighted by Gasteiger charge is 2.21. The van der Waals surface area contributed by atoms with E-state index in [1.54, 1.807) is 26.0 Å². The van der Waals surface area contributed by atoms with Gasteiger partial charge in [0.05, 0.1) is 18.6 Å². The van der Waals surface area contributed by atoms with Crippen LogP contribution in [0.25, 0.3) is 0 Å². The summed E-state index contributed by atoms with van der Waals surface area (Å²) >= 11 is 0. The van der Waals surface area contributed by atoms with Gasteiger partial charge in [-0.05, 0) is 45.4 Å². The summed E-state index contributed by atoms with van der Waals surface area (Å²) in [5.74, 6) is -1.83. The van der Waals surface area contributed by atoms with Crippen LogP contribution in [-0.2, 0) is 16.1 Å². The predicted molar refractivity (Wildman–Crippen MR) is 80.1 cm³/mol. The normalized spacial score (nSPS) is 13.8. The average Bonchev–Trinajstić information content (AvgIpc) is 2.44. The smallest absolute Gasteiger partial charge is 0.308 e. The Morgan fingerprint density at radius 1 is 1.14 bits per heavy atom. The lowest BCUT2D eigenvalue weighted by molar-refractivity contribution is -0.141.